The van der Waals surface area contributed by atoms with E-state index in [4.69, 9.17) is 9.98 Å². The Kier molecular flexibility index (Phi) is 4.39. The van der Waals surface area contributed by atoms with Crippen LogP contribution in [0.4, 0.5) is 0 Å². The van der Waals surface area contributed by atoms with Gasteiger partial charge in [-0.3, -0.25) is 19.8 Å². The Balaban J connectivity index is 2.17. The van der Waals surface area contributed by atoms with Gasteiger partial charge in [0.05, 0.1) is 34.9 Å². The second-order valence-corrected chi connectivity index (χ2v) is 8.71. The zero-order chi connectivity index (χ0) is 18.6. The molecule has 2 heterocycles. The van der Waals surface area contributed by atoms with E-state index in [-0.39, 0.29) is 22.4 Å². The van der Waals surface area contributed by atoms with Crippen LogP contribution in [0.2, 0.25) is 0 Å². The summed E-state index contributed by atoms with van der Waals surface area (Å²) in [7, 11) is 4.17. The molecular formula is C18H32N6. The van der Waals surface area contributed by atoms with Crippen LogP contribution in [0.25, 0.3) is 0 Å². The number of hydrogen-bond acceptors (Lipinski definition) is 6. The predicted octanol–water partition coefficient (Wildman–Crippen LogP) is 2.85. The minimum absolute atomic E-state index is 0.158. The smallest absolute Gasteiger partial charge is 0.108 e. The van der Waals surface area contributed by atoms with Crippen LogP contribution in [0.3, 0.4) is 0 Å². The Morgan fingerprint density at radius 3 is 1.17 bits per heavy atom. The summed E-state index contributed by atoms with van der Waals surface area (Å²) in [5, 5.41) is 8.48. The molecule has 0 radical (unpaired) electrons. The summed E-state index contributed by atoms with van der Waals surface area (Å²) in [6.45, 7) is 17.0. The zero-order valence-electron chi connectivity index (χ0n) is 16.8. The summed E-state index contributed by atoms with van der Waals surface area (Å²) < 4.78 is 0. The van der Waals surface area contributed by atoms with Crippen LogP contribution < -0.4 is 0 Å². The molecule has 0 atom stereocenters. The van der Waals surface area contributed by atoms with Gasteiger partial charge in [-0.05, 0) is 69.5 Å². The van der Waals surface area contributed by atoms with Crippen LogP contribution in [0.5, 0.6) is 0 Å². The highest BCUT2D eigenvalue weighted by Crippen LogP contribution is 2.33. The lowest BCUT2D eigenvalue weighted by molar-refractivity contribution is 0.120. The minimum Gasteiger partial charge on any atom is -0.272 e. The van der Waals surface area contributed by atoms with E-state index >= 15 is 0 Å². The standard InChI is InChI=1S/C18H32N6/c1-15(2)13(21-17(5,6)23(15)9)11-19-20-12-14-16(3,4)24(10)18(7,8)22-14/h11-12H,1-10H3/b19-11+,20-12+. The van der Waals surface area contributed by atoms with E-state index in [1.54, 1.807) is 12.4 Å². The van der Waals surface area contributed by atoms with Gasteiger partial charge in [-0.25, -0.2) is 0 Å². The first-order valence-electron chi connectivity index (χ1n) is 8.48. The lowest BCUT2D eigenvalue weighted by Crippen LogP contribution is -2.49. The van der Waals surface area contributed by atoms with Crippen LogP contribution in [0.15, 0.2) is 20.2 Å². The van der Waals surface area contributed by atoms with Gasteiger partial charge in [0.2, 0.25) is 0 Å². The molecule has 0 aromatic heterocycles. The Hall–Kier alpha value is -1.40. The van der Waals surface area contributed by atoms with Crippen LogP contribution in [-0.2, 0) is 0 Å². The van der Waals surface area contributed by atoms with Gasteiger partial charge < -0.3 is 0 Å². The molecule has 134 valence electrons. The molecule has 0 bridgehead atoms. The van der Waals surface area contributed by atoms with Crippen LogP contribution in [0.1, 0.15) is 55.4 Å². The summed E-state index contributed by atoms with van der Waals surface area (Å²) in [6.07, 6.45) is 3.53. The van der Waals surface area contributed by atoms with Crippen LogP contribution in [0, 0.1) is 0 Å². The van der Waals surface area contributed by atoms with E-state index in [9.17, 15) is 0 Å². The van der Waals surface area contributed by atoms with Gasteiger partial charge >= 0.3 is 0 Å². The number of rotatable bonds is 3. The molecule has 0 aromatic carbocycles. The van der Waals surface area contributed by atoms with Gasteiger partial charge in [-0.2, -0.15) is 10.2 Å². The molecular weight excluding hydrogens is 300 g/mol. The fourth-order valence-electron chi connectivity index (χ4n) is 3.27. The molecule has 0 aromatic rings. The van der Waals surface area contributed by atoms with Gasteiger partial charge in [0, 0.05) is 0 Å². The van der Waals surface area contributed by atoms with Crippen molar-refractivity contribution in [2.45, 2.75) is 77.8 Å². The van der Waals surface area contributed by atoms with Gasteiger partial charge in [0.25, 0.3) is 0 Å². The Labute approximate surface area is 146 Å². The minimum atomic E-state index is -0.223. The molecule has 2 aliphatic rings. The third-order valence-corrected chi connectivity index (χ3v) is 5.79. The fourth-order valence-corrected chi connectivity index (χ4v) is 3.27. The predicted molar refractivity (Wildman–Crippen MR) is 104 cm³/mol. The number of nitrogens with zero attached hydrogens (tertiary/aromatic N) is 6. The molecule has 0 fully saturated rings. The van der Waals surface area contributed by atoms with Crippen molar-refractivity contribution in [2.75, 3.05) is 14.1 Å². The van der Waals surface area contributed by atoms with E-state index < -0.39 is 0 Å². The Morgan fingerprint density at radius 2 is 0.958 bits per heavy atom. The third-order valence-electron chi connectivity index (χ3n) is 5.79. The second-order valence-electron chi connectivity index (χ2n) is 8.71. The fraction of sp³-hybridized carbons (Fsp3) is 0.778. The Morgan fingerprint density at radius 1 is 0.667 bits per heavy atom. The summed E-state index contributed by atoms with van der Waals surface area (Å²) in [5.41, 5.74) is 1.12. The number of hydrogen-bond donors (Lipinski definition) is 0. The molecule has 2 rings (SSSR count). The topological polar surface area (TPSA) is 55.9 Å². The number of aliphatic imine (C=N–C) groups is 2. The van der Waals surface area contributed by atoms with Crippen molar-refractivity contribution in [1.82, 2.24) is 9.80 Å². The third kappa shape index (κ3) is 2.97. The maximum Gasteiger partial charge on any atom is 0.108 e. The SMILES string of the molecule is CN1C(C)(C)N=C(/C=N/N=C/C2=NC(C)(C)N(C)C2(C)C)C1(C)C. The lowest BCUT2D eigenvalue weighted by atomic mass is 9.98. The maximum atomic E-state index is 4.77. The van der Waals surface area contributed by atoms with Gasteiger partial charge in [-0.15, -0.1) is 0 Å². The highest BCUT2D eigenvalue weighted by atomic mass is 15.4. The van der Waals surface area contributed by atoms with Crippen molar-refractivity contribution in [3.8, 4) is 0 Å². The largest absolute Gasteiger partial charge is 0.272 e. The molecule has 0 amide bonds. The molecule has 0 saturated carbocycles. The van der Waals surface area contributed by atoms with Crippen LogP contribution >= 0.6 is 0 Å². The average Bonchev–Trinajstić information content (AvgIpc) is 2.70. The molecule has 0 saturated heterocycles. The molecule has 0 aliphatic carbocycles. The van der Waals surface area contributed by atoms with E-state index in [2.05, 4.69) is 89.5 Å². The van der Waals surface area contributed by atoms with E-state index in [0.29, 0.717) is 0 Å². The lowest BCUT2D eigenvalue weighted by Gasteiger charge is -2.35. The molecule has 2 aliphatic heterocycles. The van der Waals surface area contributed by atoms with Crippen molar-refractivity contribution >= 4 is 23.9 Å². The summed E-state index contributed by atoms with van der Waals surface area (Å²) in [5.74, 6) is 0. The molecule has 0 unspecified atom stereocenters. The second kappa shape index (κ2) is 5.56. The maximum absolute atomic E-state index is 4.77. The normalized spacial score (nSPS) is 28.8. The molecule has 0 spiro atoms. The monoisotopic (exact) mass is 332 g/mol. The highest BCUT2D eigenvalue weighted by Gasteiger charge is 2.45. The Bertz CT molecular complexity index is 578. The molecule has 0 N–H and O–H groups in total. The van der Waals surface area contributed by atoms with Crippen molar-refractivity contribution in [2.24, 2.45) is 20.2 Å². The summed E-state index contributed by atoms with van der Waals surface area (Å²) >= 11 is 0. The van der Waals surface area contributed by atoms with E-state index in [1.807, 2.05) is 0 Å². The molecule has 6 nitrogen and oxygen atoms in total. The quantitative estimate of drug-likeness (QED) is 0.589. The van der Waals surface area contributed by atoms with E-state index in [0.717, 1.165) is 11.4 Å². The average molecular weight is 332 g/mol. The van der Waals surface area contributed by atoms with Crippen LogP contribution in [-0.4, -0.2) is 70.2 Å². The zero-order valence-corrected chi connectivity index (χ0v) is 16.8. The molecule has 24 heavy (non-hydrogen) atoms. The first-order valence-corrected chi connectivity index (χ1v) is 8.48. The van der Waals surface area contributed by atoms with Crippen molar-refractivity contribution < 1.29 is 0 Å². The summed E-state index contributed by atoms with van der Waals surface area (Å²) in [6, 6.07) is 0. The van der Waals surface area contributed by atoms with Gasteiger partial charge in [0.15, 0.2) is 0 Å². The van der Waals surface area contributed by atoms with Crippen molar-refractivity contribution in [3.05, 3.63) is 0 Å². The van der Waals surface area contributed by atoms with Gasteiger partial charge in [-0.1, -0.05) is 0 Å². The summed E-state index contributed by atoms with van der Waals surface area (Å²) in [4.78, 5) is 14.0. The highest BCUT2D eigenvalue weighted by molar-refractivity contribution is 6.36. The van der Waals surface area contributed by atoms with Crippen molar-refractivity contribution in [1.29, 1.82) is 0 Å². The first kappa shape index (κ1) is 18.9. The first-order chi connectivity index (χ1) is 10.7. The van der Waals surface area contributed by atoms with Crippen molar-refractivity contribution in [3.63, 3.8) is 0 Å². The van der Waals surface area contributed by atoms with Gasteiger partial charge in [0.1, 0.15) is 11.3 Å². The molecule has 6 heteroatoms. The van der Waals surface area contributed by atoms with E-state index in [1.165, 1.54) is 0 Å².